The highest BCUT2D eigenvalue weighted by atomic mass is 16.3. The smallest absolute Gasteiger partial charge is 0.0586 e. The van der Waals surface area contributed by atoms with Gasteiger partial charge in [0.25, 0.3) is 0 Å². The number of aliphatic hydroxyl groups excluding tert-OH is 1. The van der Waals surface area contributed by atoms with Gasteiger partial charge in [-0.2, -0.15) is 0 Å². The zero-order valence-electron chi connectivity index (χ0n) is 8.21. The molecule has 2 aliphatic heterocycles. The lowest BCUT2D eigenvalue weighted by Crippen LogP contribution is -2.46. The molecule has 2 fully saturated rings. The molecule has 0 bridgehead atoms. The molecular weight excluding hydrogens is 164 g/mol. The van der Waals surface area contributed by atoms with E-state index in [2.05, 4.69) is 10.2 Å². The van der Waals surface area contributed by atoms with Crippen molar-refractivity contribution in [2.75, 3.05) is 26.2 Å². The van der Waals surface area contributed by atoms with Gasteiger partial charge in [0, 0.05) is 12.1 Å². The lowest BCUT2D eigenvalue weighted by atomic mass is 10.0. The molecule has 0 spiro atoms. The highest BCUT2D eigenvalue weighted by molar-refractivity contribution is 4.86. The fourth-order valence-electron chi connectivity index (χ4n) is 2.67. The number of nitrogens with one attached hydrogen (secondary N) is 1. The Kier molecular flexibility index (Phi) is 3.19. The van der Waals surface area contributed by atoms with Crippen molar-refractivity contribution in [3.63, 3.8) is 0 Å². The van der Waals surface area contributed by atoms with E-state index in [1.54, 1.807) is 0 Å². The van der Waals surface area contributed by atoms with E-state index in [1.807, 2.05) is 0 Å². The third-order valence-corrected chi connectivity index (χ3v) is 3.41. The van der Waals surface area contributed by atoms with Crippen LogP contribution in [-0.2, 0) is 0 Å². The monoisotopic (exact) mass is 184 g/mol. The number of nitrogens with zero attached hydrogens (tertiary/aromatic N) is 1. The van der Waals surface area contributed by atoms with E-state index >= 15 is 0 Å². The summed E-state index contributed by atoms with van der Waals surface area (Å²) < 4.78 is 0. The van der Waals surface area contributed by atoms with E-state index in [0.29, 0.717) is 12.6 Å². The average Bonchev–Trinajstić information content (AvgIpc) is 2.67. The quantitative estimate of drug-likeness (QED) is 0.643. The zero-order valence-corrected chi connectivity index (χ0v) is 8.21. The van der Waals surface area contributed by atoms with Crippen molar-refractivity contribution in [1.82, 2.24) is 10.2 Å². The van der Waals surface area contributed by atoms with Crippen LogP contribution < -0.4 is 5.32 Å². The molecular formula is C10H20N2O. The average molecular weight is 184 g/mol. The molecule has 76 valence electrons. The fourth-order valence-corrected chi connectivity index (χ4v) is 2.67. The van der Waals surface area contributed by atoms with Gasteiger partial charge in [0.15, 0.2) is 0 Å². The van der Waals surface area contributed by atoms with Gasteiger partial charge in [-0.15, -0.1) is 0 Å². The molecule has 2 aliphatic rings. The second kappa shape index (κ2) is 4.40. The van der Waals surface area contributed by atoms with E-state index in [-0.39, 0.29) is 0 Å². The van der Waals surface area contributed by atoms with Gasteiger partial charge in [-0.3, -0.25) is 4.90 Å². The Morgan fingerprint density at radius 2 is 2.00 bits per heavy atom. The van der Waals surface area contributed by atoms with Crippen LogP contribution in [0.1, 0.15) is 25.7 Å². The summed E-state index contributed by atoms with van der Waals surface area (Å²) in [7, 11) is 0. The molecule has 0 radical (unpaired) electrons. The molecule has 2 rings (SSSR count). The first-order chi connectivity index (χ1) is 6.42. The molecule has 1 atom stereocenters. The summed E-state index contributed by atoms with van der Waals surface area (Å²) in [6.07, 6.45) is 4.99. The normalized spacial score (nSPS) is 32.5. The van der Waals surface area contributed by atoms with Crippen molar-refractivity contribution in [3.05, 3.63) is 0 Å². The first-order valence-electron chi connectivity index (χ1n) is 5.49. The highest BCUT2D eigenvalue weighted by Gasteiger charge is 2.30. The first kappa shape index (κ1) is 9.44. The Morgan fingerprint density at radius 1 is 1.23 bits per heavy atom. The minimum atomic E-state index is 0.351. The van der Waals surface area contributed by atoms with Crippen LogP contribution in [0.3, 0.4) is 0 Å². The van der Waals surface area contributed by atoms with Crippen molar-refractivity contribution in [2.45, 2.75) is 37.8 Å². The van der Waals surface area contributed by atoms with Gasteiger partial charge in [0.1, 0.15) is 0 Å². The minimum Gasteiger partial charge on any atom is -0.395 e. The number of aliphatic hydroxyl groups is 1. The fraction of sp³-hybridized carbons (Fsp3) is 1.00. The van der Waals surface area contributed by atoms with Crippen molar-refractivity contribution in [2.24, 2.45) is 0 Å². The Morgan fingerprint density at radius 3 is 2.69 bits per heavy atom. The molecule has 0 saturated carbocycles. The number of rotatable bonds is 2. The molecule has 0 amide bonds. The predicted octanol–water partition coefficient (Wildman–Crippen LogP) is 0.195. The summed E-state index contributed by atoms with van der Waals surface area (Å²) in [4.78, 5) is 2.53. The van der Waals surface area contributed by atoms with Crippen LogP contribution in [0.4, 0.5) is 0 Å². The minimum absolute atomic E-state index is 0.351. The standard InChI is InChI=1S/C10H20N2O/c13-8-10-2-1-7-12(10)9-3-5-11-6-4-9/h9-11,13H,1-8H2. The maximum Gasteiger partial charge on any atom is 0.0586 e. The summed E-state index contributed by atoms with van der Waals surface area (Å²) in [6, 6.07) is 1.20. The topological polar surface area (TPSA) is 35.5 Å². The molecule has 0 aromatic carbocycles. The van der Waals surface area contributed by atoms with E-state index in [9.17, 15) is 5.11 Å². The molecule has 0 aromatic heterocycles. The van der Waals surface area contributed by atoms with Crippen LogP contribution in [0.15, 0.2) is 0 Å². The molecule has 3 nitrogen and oxygen atoms in total. The second-order valence-corrected chi connectivity index (χ2v) is 4.20. The van der Waals surface area contributed by atoms with Gasteiger partial charge in [0.2, 0.25) is 0 Å². The summed E-state index contributed by atoms with van der Waals surface area (Å²) >= 11 is 0. The van der Waals surface area contributed by atoms with Gasteiger partial charge in [-0.25, -0.2) is 0 Å². The van der Waals surface area contributed by atoms with Gasteiger partial charge in [-0.1, -0.05) is 0 Å². The van der Waals surface area contributed by atoms with Gasteiger partial charge in [0.05, 0.1) is 6.61 Å². The van der Waals surface area contributed by atoms with E-state index in [4.69, 9.17) is 0 Å². The maximum absolute atomic E-state index is 9.21. The number of hydrogen-bond donors (Lipinski definition) is 2. The number of piperidine rings is 1. The first-order valence-corrected chi connectivity index (χ1v) is 5.49. The third-order valence-electron chi connectivity index (χ3n) is 3.41. The van der Waals surface area contributed by atoms with E-state index in [0.717, 1.165) is 19.1 Å². The van der Waals surface area contributed by atoms with Crippen molar-refractivity contribution in [1.29, 1.82) is 0 Å². The van der Waals surface area contributed by atoms with Gasteiger partial charge in [-0.05, 0) is 45.3 Å². The molecule has 2 N–H and O–H groups in total. The summed E-state index contributed by atoms with van der Waals surface area (Å²) in [5.41, 5.74) is 0. The Hall–Kier alpha value is -0.120. The second-order valence-electron chi connectivity index (χ2n) is 4.20. The predicted molar refractivity (Wildman–Crippen MR) is 52.7 cm³/mol. The van der Waals surface area contributed by atoms with Crippen LogP contribution in [0.5, 0.6) is 0 Å². The van der Waals surface area contributed by atoms with Crippen LogP contribution in [0.2, 0.25) is 0 Å². The number of hydrogen-bond acceptors (Lipinski definition) is 3. The molecule has 0 aliphatic carbocycles. The van der Waals surface area contributed by atoms with Crippen molar-refractivity contribution >= 4 is 0 Å². The van der Waals surface area contributed by atoms with Crippen molar-refractivity contribution in [3.8, 4) is 0 Å². The van der Waals surface area contributed by atoms with Crippen LogP contribution in [0.25, 0.3) is 0 Å². The largest absolute Gasteiger partial charge is 0.395 e. The molecule has 2 saturated heterocycles. The summed E-state index contributed by atoms with van der Waals surface area (Å²) in [5.74, 6) is 0. The maximum atomic E-state index is 9.21. The van der Waals surface area contributed by atoms with Gasteiger partial charge >= 0.3 is 0 Å². The molecule has 1 unspecified atom stereocenters. The molecule has 0 aromatic rings. The Bertz CT molecular complexity index is 157. The lowest BCUT2D eigenvalue weighted by molar-refractivity contribution is 0.102. The molecule has 2 heterocycles. The number of likely N-dealkylation sites (tertiary alicyclic amines) is 1. The van der Waals surface area contributed by atoms with E-state index in [1.165, 1.54) is 32.2 Å². The van der Waals surface area contributed by atoms with Crippen LogP contribution >= 0.6 is 0 Å². The van der Waals surface area contributed by atoms with E-state index < -0.39 is 0 Å². The highest BCUT2D eigenvalue weighted by Crippen LogP contribution is 2.23. The zero-order chi connectivity index (χ0) is 9.10. The van der Waals surface area contributed by atoms with Crippen LogP contribution in [-0.4, -0.2) is 48.3 Å². The molecule has 13 heavy (non-hydrogen) atoms. The van der Waals surface area contributed by atoms with Gasteiger partial charge < -0.3 is 10.4 Å². The lowest BCUT2D eigenvalue weighted by Gasteiger charge is -2.35. The Balaban J connectivity index is 1.90. The Labute approximate surface area is 80.1 Å². The SMILES string of the molecule is OCC1CCCN1C1CCNCC1. The summed E-state index contributed by atoms with van der Waals surface area (Å²) in [6.45, 7) is 3.86. The van der Waals surface area contributed by atoms with Crippen LogP contribution in [0, 0.1) is 0 Å². The molecule has 3 heteroatoms. The van der Waals surface area contributed by atoms with Crippen molar-refractivity contribution < 1.29 is 5.11 Å². The summed E-state index contributed by atoms with van der Waals surface area (Å²) in [5, 5.41) is 12.6. The third kappa shape index (κ3) is 2.03.